The van der Waals surface area contributed by atoms with Crippen LogP contribution in [0.25, 0.3) is 23.3 Å². The second-order valence-corrected chi connectivity index (χ2v) is 27.5. The van der Waals surface area contributed by atoms with E-state index in [1.807, 2.05) is 5.20 Å². The molecule has 2 nitrogen and oxygen atoms in total. The van der Waals surface area contributed by atoms with Gasteiger partial charge < -0.3 is 9.80 Å². The summed E-state index contributed by atoms with van der Waals surface area (Å²) in [6.45, 7) is 8.83. The lowest BCUT2D eigenvalue weighted by Crippen LogP contribution is -2.57. The lowest BCUT2D eigenvalue weighted by molar-refractivity contribution is 0.281. The second kappa shape index (κ2) is 14.9. The first-order valence-corrected chi connectivity index (χ1v) is 29.3. The summed E-state index contributed by atoms with van der Waals surface area (Å²) in [5.74, 6) is 1.75. The van der Waals surface area contributed by atoms with Gasteiger partial charge in [-0.1, -0.05) is 168 Å². The summed E-state index contributed by atoms with van der Waals surface area (Å²) in [5.41, 5.74) is 21.2. The SMILES string of the molecule is CC1CCC(C)C2=C1N(C1=CC3C(C)(C=C1)c1ccc(C=Cc4ccc5c(c4)C4(CCCC4)c4cc(N6CCCc7ccccc76)ccc4-5)cc1C31CCCC1)c1ccccc1[Si]21CCCC1. The van der Waals surface area contributed by atoms with E-state index in [0.29, 0.717) is 17.8 Å². The number of benzene rings is 5. The summed E-state index contributed by atoms with van der Waals surface area (Å²) in [6, 6.07) is 44.3. The number of rotatable bonds is 4. The summed E-state index contributed by atoms with van der Waals surface area (Å²) in [7, 11) is -1.74. The van der Waals surface area contributed by atoms with Gasteiger partial charge in [0.25, 0.3) is 0 Å². The van der Waals surface area contributed by atoms with Crippen LogP contribution in [0.3, 0.4) is 0 Å². The standard InChI is InChI=1S/C64H68N2Si/c1-43-20-21-44(2)61-60(43)66(57-18-6-7-19-58(57)67(61)37-12-13-38-67)49-30-35-62(3)52-29-25-46(40-55(52)64(59(62)42-49)33-10-11-34-64)23-22-45-24-27-50-51-28-26-48(65-36-14-16-47-15-4-5-17-56(47)65)41-54(51)63(53(50)39-45)31-8-9-32-63/h4-7,15,17-19,22-30,35,39-44,59H,8-14,16,20-21,31-34,36-38H2,1-3H3. The molecule has 5 aromatic rings. The Labute approximate surface area is 401 Å². The first kappa shape index (κ1) is 40.9. The fraction of sp³-hybridized carbons (Fsp3) is 0.406. The van der Waals surface area contributed by atoms with Crippen LogP contribution in [0.1, 0.15) is 143 Å². The average molecular weight is 893 g/mol. The fourth-order valence-electron chi connectivity index (χ4n) is 17.0. The Balaban J connectivity index is 0.807. The molecule has 5 aromatic carbocycles. The van der Waals surface area contributed by atoms with Crippen molar-refractivity contribution in [2.45, 2.75) is 139 Å². The number of anilines is 3. The highest BCUT2D eigenvalue weighted by Crippen LogP contribution is 2.64. The lowest BCUT2D eigenvalue weighted by Gasteiger charge is -2.51. The Kier molecular flexibility index (Phi) is 9.12. The van der Waals surface area contributed by atoms with E-state index in [4.69, 9.17) is 0 Å². The van der Waals surface area contributed by atoms with Crippen molar-refractivity contribution in [1.82, 2.24) is 0 Å². The maximum Gasteiger partial charge on any atom is 0.118 e. The van der Waals surface area contributed by atoms with Gasteiger partial charge in [0.2, 0.25) is 0 Å². The van der Waals surface area contributed by atoms with E-state index < -0.39 is 8.07 Å². The maximum absolute atomic E-state index is 2.84. The van der Waals surface area contributed by atoms with Crippen LogP contribution in [-0.2, 0) is 22.7 Å². The van der Waals surface area contributed by atoms with E-state index in [-0.39, 0.29) is 16.2 Å². The van der Waals surface area contributed by atoms with E-state index in [0.717, 1.165) is 6.54 Å². The van der Waals surface area contributed by atoms with Crippen molar-refractivity contribution < 1.29 is 0 Å². The van der Waals surface area contributed by atoms with Crippen LogP contribution in [0.2, 0.25) is 12.1 Å². The molecule has 6 aliphatic carbocycles. The first-order chi connectivity index (χ1) is 32.8. The first-order valence-electron chi connectivity index (χ1n) is 26.8. The summed E-state index contributed by atoms with van der Waals surface area (Å²) < 4.78 is 0. The summed E-state index contributed by atoms with van der Waals surface area (Å²) in [4.78, 5) is 5.44. The Morgan fingerprint density at radius 2 is 1.30 bits per heavy atom. The molecule has 0 N–H and O–H groups in total. The van der Waals surface area contributed by atoms with Crippen LogP contribution in [0, 0.1) is 17.8 Å². The fourth-order valence-corrected chi connectivity index (χ4v) is 23.3. The predicted octanol–water partition coefficient (Wildman–Crippen LogP) is 15.8. The van der Waals surface area contributed by atoms with Crippen molar-refractivity contribution >= 4 is 42.5 Å². The molecule has 3 heteroatoms. The van der Waals surface area contributed by atoms with Gasteiger partial charge in [0.1, 0.15) is 8.07 Å². The molecule has 67 heavy (non-hydrogen) atoms. The molecule has 3 spiro atoms. The molecule has 0 radical (unpaired) electrons. The molecule has 4 unspecified atom stereocenters. The zero-order chi connectivity index (χ0) is 44.7. The van der Waals surface area contributed by atoms with Crippen LogP contribution < -0.4 is 15.0 Å². The van der Waals surface area contributed by atoms with Crippen LogP contribution >= 0.6 is 0 Å². The van der Waals surface area contributed by atoms with E-state index >= 15 is 0 Å². The van der Waals surface area contributed by atoms with Gasteiger partial charge in [-0.05, 0) is 161 Å². The van der Waals surface area contributed by atoms with Crippen molar-refractivity contribution in [2.24, 2.45) is 17.8 Å². The summed E-state index contributed by atoms with van der Waals surface area (Å²) in [6.07, 6.45) is 31.2. The van der Waals surface area contributed by atoms with Gasteiger partial charge >= 0.3 is 0 Å². The smallest absolute Gasteiger partial charge is 0.118 e. The van der Waals surface area contributed by atoms with Gasteiger partial charge in [-0.2, -0.15) is 0 Å². The molecule has 0 amide bonds. The van der Waals surface area contributed by atoms with Crippen LogP contribution in [0.15, 0.2) is 138 Å². The number of allylic oxidation sites excluding steroid dienone is 5. The maximum atomic E-state index is 2.84. The summed E-state index contributed by atoms with van der Waals surface area (Å²) >= 11 is 0. The number of nitrogens with zero attached hydrogens (tertiary/aromatic N) is 2. The third-order valence-corrected chi connectivity index (χ3v) is 25.6. The Morgan fingerprint density at radius 1 is 0.627 bits per heavy atom. The molecular weight excluding hydrogens is 825 g/mol. The minimum atomic E-state index is -1.74. The lowest BCUT2D eigenvalue weighted by atomic mass is 9.64. The van der Waals surface area contributed by atoms with Gasteiger partial charge in [0.05, 0.1) is 0 Å². The average Bonchev–Trinajstić information content (AvgIpc) is 4.23. The minimum Gasteiger partial charge on any atom is -0.341 e. The number of hydrogen-bond donors (Lipinski definition) is 0. The van der Waals surface area contributed by atoms with Gasteiger partial charge in [0.15, 0.2) is 0 Å². The highest BCUT2D eigenvalue weighted by Gasteiger charge is 2.59. The molecule has 0 aromatic heterocycles. The van der Waals surface area contributed by atoms with E-state index in [1.54, 1.807) is 33.1 Å². The Hall–Kier alpha value is -5.12. The van der Waals surface area contributed by atoms with Gasteiger partial charge in [-0.25, -0.2) is 0 Å². The molecular formula is C64H68N2Si. The molecule has 0 bridgehead atoms. The number of fused-ring (bicyclic) bond motifs is 14. The van der Waals surface area contributed by atoms with Crippen LogP contribution in [-0.4, -0.2) is 14.6 Å². The largest absolute Gasteiger partial charge is 0.341 e. The highest BCUT2D eigenvalue weighted by molar-refractivity contribution is 6.99. The normalized spacial score (nSPS) is 27.6. The van der Waals surface area contributed by atoms with Crippen molar-refractivity contribution in [2.75, 3.05) is 16.3 Å². The van der Waals surface area contributed by atoms with Crippen molar-refractivity contribution in [1.29, 1.82) is 0 Å². The van der Waals surface area contributed by atoms with Gasteiger partial charge in [-0.15, -0.1) is 0 Å². The van der Waals surface area contributed by atoms with Gasteiger partial charge in [-0.3, -0.25) is 0 Å². The third-order valence-electron chi connectivity index (χ3n) is 20.0. The molecule has 3 fully saturated rings. The number of para-hydroxylation sites is 2. The Bertz CT molecular complexity index is 3000. The van der Waals surface area contributed by atoms with E-state index in [1.165, 1.54) is 153 Å². The van der Waals surface area contributed by atoms with E-state index in [9.17, 15) is 0 Å². The molecule has 2 saturated carbocycles. The van der Waals surface area contributed by atoms with E-state index in [2.05, 4.69) is 164 Å². The quantitative estimate of drug-likeness (QED) is 0.131. The molecule has 1 saturated heterocycles. The molecule has 9 aliphatic rings. The van der Waals surface area contributed by atoms with Crippen molar-refractivity contribution in [3.63, 3.8) is 0 Å². The third kappa shape index (κ3) is 5.67. The van der Waals surface area contributed by atoms with Crippen LogP contribution in [0.4, 0.5) is 17.1 Å². The topological polar surface area (TPSA) is 6.48 Å². The monoisotopic (exact) mass is 893 g/mol. The molecule has 3 heterocycles. The zero-order valence-corrected chi connectivity index (χ0v) is 41.3. The predicted molar refractivity (Wildman–Crippen MR) is 284 cm³/mol. The highest BCUT2D eigenvalue weighted by atomic mass is 28.3. The molecule has 3 aliphatic heterocycles. The van der Waals surface area contributed by atoms with Gasteiger partial charge in [0, 0.05) is 57.2 Å². The number of aryl methyl sites for hydroxylation is 1. The van der Waals surface area contributed by atoms with Crippen molar-refractivity contribution in [3.05, 3.63) is 177 Å². The van der Waals surface area contributed by atoms with Crippen molar-refractivity contribution in [3.8, 4) is 11.1 Å². The molecule has 14 rings (SSSR count). The zero-order valence-electron chi connectivity index (χ0n) is 40.3. The minimum absolute atomic E-state index is 0.00727. The molecule has 4 atom stereocenters. The van der Waals surface area contributed by atoms with Crippen LogP contribution in [0.5, 0.6) is 0 Å². The second-order valence-electron chi connectivity index (χ2n) is 23.2. The Morgan fingerprint density at radius 3 is 2.10 bits per heavy atom. The number of hydrogen-bond acceptors (Lipinski definition) is 2. The summed E-state index contributed by atoms with van der Waals surface area (Å²) in [5, 5.41) is 3.68. The molecule has 338 valence electrons.